The van der Waals surface area contributed by atoms with Crippen molar-refractivity contribution in [3.05, 3.63) is 24.5 Å². The van der Waals surface area contributed by atoms with Crippen LogP contribution >= 0.6 is 0 Å². The maximum absolute atomic E-state index is 5.30. The number of hydrogen-bond donors (Lipinski definition) is 1. The molecule has 17 heavy (non-hydrogen) atoms. The molecule has 0 radical (unpaired) electrons. The zero-order valence-electron chi connectivity index (χ0n) is 10.0. The van der Waals surface area contributed by atoms with Crippen LogP contribution in [0.1, 0.15) is 12.8 Å². The van der Waals surface area contributed by atoms with Gasteiger partial charge < -0.3 is 14.6 Å². The highest BCUT2D eigenvalue weighted by Crippen LogP contribution is 2.30. The molecule has 1 N–H and O–H groups in total. The summed E-state index contributed by atoms with van der Waals surface area (Å²) in [4.78, 5) is 10.0. The molecule has 0 saturated carbocycles. The van der Waals surface area contributed by atoms with Gasteiger partial charge >= 0.3 is 0 Å². The quantitative estimate of drug-likeness (QED) is 0.880. The third kappa shape index (κ3) is 1.78. The first kappa shape index (κ1) is 10.6. The smallest absolute Gasteiger partial charge is 0.112 e. The van der Waals surface area contributed by atoms with Gasteiger partial charge in [-0.05, 0) is 25.0 Å². The highest BCUT2D eigenvalue weighted by atomic mass is 16.5. The molecule has 1 aromatic carbocycles. The second-order valence-electron chi connectivity index (χ2n) is 4.52. The molecule has 0 unspecified atom stereocenters. The summed E-state index contributed by atoms with van der Waals surface area (Å²) in [7, 11) is 1.77. The summed E-state index contributed by atoms with van der Waals surface area (Å²) in [5.74, 6) is 0. The van der Waals surface area contributed by atoms with Gasteiger partial charge in [-0.1, -0.05) is 6.07 Å². The number of ether oxygens (including phenoxy) is 1. The monoisotopic (exact) mass is 231 g/mol. The van der Waals surface area contributed by atoms with E-state index in [4.69, 9.17) is 4.74 Å². The van der Waals surface area contributed by atoms with Crippen LogP contribution in [0, 0.1) is 0 Å². The van der Waals surface area contributed by atoms with Gasteiger partial charge in [0.05, 0.1) is 30.2 Å². The Hall–Kier alpha value is -1.55. The van der Waals surface area contributed by atoms with Gasteiger partial charge in [0.15, 0.2) is 0 Å². The summed E-state index contributed by atoms with van der Waals surface area (Å²) >= 11 is 0. The number of aromatic nitrogens is 2. The van der Waals surface area contributed by atoms with Crippen LogP contribution in [0.5, 0.6) is 0 Å². The predicted octanol–water partition coefficient (Wildman–Crippen LogP) is 2.18. The lowest BCUT2D eigenvalue weighted by Gasteiger charge is -2.26. The number of anilines is 1. The van der Waals surface area contributed by atoms with Crippen molar-refractivity contribution >= 4 is 16.7 Å². The average molecular weight is 231 g/mol. The number of H-pyrrole nitrogens is 1. The zero-order chi connectivity index (χ0) is 11.7. The predicted molar refractivity (Wildman–Crippen MR) is 68.3 cm³/mol. The van der Waals surface area contributed by atoms with E-state index >= 15 is 0 Å². The fourth-order valence-corrected chi connectivity index (χ4v) is 2.70. The topological polar surface area (TPSA) is 41.1 Å². The van der Waals surface area contributed by atoms with Crippen molar-refractivity contribution < 1.29 is 4.74 Å². The number of benzene rings is 1. The van der Waals surface area contributed by atoms with Crippen LogP contribution in [0.2, 0.25) is 0 Å². The van der Waals surface area contributed by atoms with Gasteiger partial charge in [0.1, 0.15) is 5.52 Å². The first-order chi connectivity index (χ1) is 8.40. The lowest BCUT2D eigenvalue weighted by molar-refractivity contribution is 0.181. The lowest BCUT2D eigenvalue weighted by atomic mass is 10.2. The third-order valence-electron chi connectivity index (χ3n) is 3.47. The lowest BCUT2D eigenvalue weighted by Crippen LogP contribution is -2.32. The molecule has 4 heteroatoms. The van der Waals surface area contributed by atoms with Crippen LogP contribution in [0.15, 0.2) is 24.5 Å². The van der Waals surface area contributed by atoms with Gasteiger partial charge in [0, 0.05) is 13.7 Å². The molecule has 1 aliphatic heterocycles. The summed E-state index contributed by atoms with van der Waals surface area (Å²) in [6, 6.07) is 6.78. The van der Waals surface area contributed by atoms with Crippen LogP contribution in [0.3, 0.4) is 0 Å². The fourth-order valence-electron chi connectivity index (χ4n) is 2.70. The maximum atomic E-state index is 5.30. The van der Waals surface area contributed by atoms with Crippen molar-refractivity contribution in [2.75, 3.05) is 25.2 Å². The minimum absolute atomic E-state index is 0.488. The molecule has 3 rings (SSSR count). The Bertz CT molecular complexity index is 508. The first-order valence-corrected chi connectivity index (χ1v) is 6.08. The van der Waals surface area contributed by atoms with Crippen molar-refractivity contribution in [3.63, 3.8) is 0 Å². The van der Waals surface area contributed by atoms with Gasteiger partial charge in [0.2, 0.25) is 0 Å². The van der Waals surface area contributed by atoms with E-state index in [-0.39, 0.29) is 0 Å². The number of methoxy groups -OCH3 is 1. The van der Waals surface area contributed by atoms with Gasteiger partial charge in [-0.15, -0.1) is 0 Å². The molecule has 1 atom stereocenters. The van der Waals surface area contributed by atoms with E-state index in [9.17, 15) is 0 Å². The summed E-state index contributed by atoms with van der Waals surface area (Å²) in [5.41, 5.74) is 3.39. The van der Waals surface area contributed by atoms with Gasteiger partial charge in [-0.2, -0.15) is 0 Å². The molecule has 1 aromatic heterocycles. The van der Waals surface area contributed by atoms with E-state index in [0.717, 1.165) is 24.2 Å². The van der Waals surface area contributed by atoms with E-state index < -0.39 is 0 Å². The van der Waals surface area contributed by atoms with Gasteiger partial charge in [-0.25, -0.2) is 4.98 Å². The summed E-state index contributed by atoms with van der Waals surface area (Å²) in [6.45, 7) is 1.89. The molecule has 90 valence electrons. The van der Waals surface area contributed by atoms with E-state index in [1.807, 2.05) is 0 Å². The number of aromatic amines is 1. The van der Waals surface area contributed by atoms with Crippen molar-refractivity contribution in [2.24, 2.45) is 0 Å². The first-order valence-electron chi connectivity index (χ1n) is 6.08. The van der Waals surface area contributed by atoms with Crippen LogP contribution < -0.4 is 4.90 Å². The molecule has 4 nitrogen and oxygen atoms in total. The Morgan fingerprint density at radius 2 is 2.47 bits per heavy atom. The minimum atomic E-state index is 0.488. The fraction of sp³-hybridized carbons (Fsp3) is 0.462. The zero-order valence-corrected chi connectivity index (χ0v) is 10.0. The van der Waals surface area contributed by atoms with Crippen LogP contribution in [-0.2, 0) is 4.74 Å². The highest BCUT2D eigenvalue weighted by Gasteiger charge is 2.26. The average Bonchev–Trinajstić information content (AvgIpc) is 2.96. The molecule has 1 saturated heterocycles. The van der Waals surface area contributed by atoms with E-state index in [1.165, 1.54) is 18.5 Å². The van der Waals surface area contributed by atoms with Crippen molar-refractivity contribution in [1.29, 1.82) is 0 Å². The number of imidazole rings is 1. The number of para-hydroxylation sites is 1. The molecular weight excluding hydrogens is 214 g/mol. The molecule has 0 spiro atoms. The Morgan fingerprint density at radius 1 is 1.53 bits per heavy atom. The van der Waals surface area contributed by atoms with E-state index in [1.54, 1.807) is 13.4 Å². The van der Waals surface area contributed by atoms with Gasteiger partial charge in [-0.3, -0.25) is 0 Å². The molecule has 0 bridgehead atoms. The second-order valence-corrected chi connectivity index (χ2v) is 4.52. The Morgan fingerprint density at radius 3 is 3.35 bits per heavy atom. The number of fused-ring (bicyclic) bond motifs is 1. The number of hydrogen-bond acceptors (Lipinski definition) is 3. The summed E-state index contributed by atoms with van der Waals surface area (Å²) in [6.07, 6.45) is 4.19. The molecule has 1 fully saturated rings. The largest absolute Gasteiger partial charge is 0.383 e. The maximum Gasteiger partial charge on any atom is 0.112 e. The normalized spacial score (nSPS) is 20.3. The summed E-state index contributed by atoms with van der Waals surface area (Å²) in [5, 5.41) is 0. The molecule has 2 heterocycles. The Kier molecular flexibility index (Phi) is 2.73. The number of nitrogens with one attached hydrogen (secondary N) is 1. The van der Waals surface area contributed by atoms with Crippen molar-refractivity contribution in [1.82, 2.24) is 9.97 Å². The summed E-state index contributed by atoms with van der Waals surface area (Å²) < 4.78 is 5.30. The van der Waals surface area contributed by atoms with Crippen molar-refractivity contribution in [2.45, 2.75) is 18.9 Å². The second kappa shape index (κ2) is 4.37. The molecule has 2 aromatic rings. The van der Waals surface area contributed by atoms with E-state index in [2.05, 4.69) is 33.1 Å². The van der Waals surface area contributed by atoms with E-state index in [0.29, 0.717) is 6.04 Å². The van der Waals surface area contributed by atoms with Crippen molar-refractivity contribution in [3.8, 4) is 0 Å². The molecule has 1 aliphatic rings. The highest BCUT2D eigenvalue weighted by molar-refractivity contribution is 5.88. The van der Waals surface area contributed by atoms with Gasteiger partial charge in [0.25, 0.3) is 0 Å². The molecular formula is C13H17N3O. The van der Waals surface area contributed by atoms with Crippen LogP contribution in [0.4, 0.5) is 5.69 Å². The Balaban J connectivity index is 1.99. The molecule has 0 amide bonds. The van der Waals surface area contributed by atoms with Crippen LogP contribution in [-0.4, -0.2) is 36.3 Å². The molecule has 0 aliphatic carbocycles. The number of nitrogens with zero attached hydrogens (tertiary/aromatic N) is 2. The SMILES string of the molecule is COC[C@@H]1CCCN1c1cccc2[nH]cnc12. The standard InChI is InChI=1S/C13H17N3O/c1-17-8-10-4-3-7-16(10)12-6-2-5-11-13(12)15-9-14-11/h2,5-6,9-10H,3-4,7-8H2,1H3,(H,14,15)/t10-/m0/s1. The third-order valence-corrected chi connectivity index (χ3v) is 3.47. The van der Waals surface area contributed by atoms with Crippen LogP contribution in [0.25, 0.3) is 11.0 Å². The Labute approximate surface area is 101 Å². The number of rotatable bonds is 3. The minimum Gasteiger partial charge on any atom is -0.383 e.